The molecule has 2 N–H and O–H groups in total. The zero-order valence-corrected chi connectivity index (χ0v) is 27.7. The summed E-state index contributed by atoms with van der Waals surface area (Å²) in [5, 5.41) is 6.98. The molecule has 240 valence electrons. The summed E-state index contributed by atoms with van der Waals surface area (Å²) in [5.74, 6) is -0.923. The average molecular weight is 652 g/mol. The summed E-state index contributed by atoms with van der Waals surface area (Å²) >= 11 is 12.8. The number of nitrogens with one attached hydrogen (secondary N) is 2. The Morgan fingerprint density at radius 1 is 1.02 bits per heavy atom. The highest BCUT2D eigenvalue weighted by molar-refractivity contribution is 6.42. The van der Waals surface area contributed by atoms with Crippen LogP contribution in [0.25, 0.3) is 0 Å². The van der Waals surface area contributed by atoms with E-state index in [1.165, 1.54) is 0 Å². The molecular weight excluding hydrogens is 607 g/mol. The van der Waals surface area contributed by atoms with Crippen LogP contribution in [-0.4, -0.2) is 59.4 Å². The summed E-state index contributed by atoms with van der Waals surface area (Å²) in [6, 6.07) is 15.5. The zero-order valence-electron chi connectivity index (χ0n) is 26.2. The van der Waals surface area contributed by atoms with Crippen molar-refractivity contribution in [1.82, 2.24) is 20.4 Å². The molecule has 45 heavy (non-hydrogen) atoms. The number of carbonyl (C=O) groups is 3. The van der Waals surface area contributed by atoms with Crippen molar-refractivity contribution in [2.75, 3.05) is 20.1 Å². The molecule has 0 bridgehead atoms. The Morgan fingerprint density at radius 3 is 2.51 bits per heavy atom. The van der Waals surface area contributed by atoms with Gasteiger partial charge in [0, 0.05) is 39.0 Å². The lowest BCUT2D eigenvalue weighted by atomic mass is 9.72. The molecule has 2 aliphatic heterocycles. The lowest BCUT2D eigenvalue weighted by molar-refractivity contribution is -0.149. The predicted octanol–water partition coefficient (Wildman–Crippen LogP) is 6.62. The summed E-state index contributed by atoms with van der Waals surface area (Å²) in [6.45, 7) is 3.81. The van der Waals surface area contributed by atoms with E-state index in [2.05, 4.69) is 22.5 Å². The van der Waals surface area contributed by atoms with Crippen molar-refractivity contribution in [1.29, 1.82) is 0 Å². The minimum atomic E-state index is -1.21. The minimum absolute atomic E-state index is 0.140. The maximum atomic E-state index is 14.7. The van der Waals surface area contributed by atoms with Crippen molar-refractivity contribution in [3.05, 3.63) is 93.5 Å². The highest BCUT2D eigenvalue weighted by Crippen LogP contribution is 2.43. The third-order valence-corrected chi connectivity index (χ3v) is 10.2. The molecular formula is C36H44Cl2N4O3. The van der Waals surface area contributed by atoms with Crippen LogP contribution >= 0.6 is 23.2 Å². The van der Waals surface area contributed by atoms with Crippen molar-refractivity contribution in [2.24, 2.45) is 5.92 Å². The first-order valence-electron chi connectivity index (χ1n) is 16.3. The highest BCUT2D eigenvalue weighted by atomic mass is 35.5. The molecule has 9 heteroatoms. The normalized spacial score (nSPS) is 24.6. The molecule has 3 amide bonds. The van der Waals surface area contributed by atoms with Gasteiger partial charge in [0.25, 0.3) is 0 Å². The van der Waals surface area contributed by atoms with Crippen molar-refractivity contribution < 1.29 is 14.4 Å². The SMILES string of the molecule is CCCC(C1=CC(C(=O)NCc2ccccc2)(N2CCCCC2N2CCCCC2=O)C=CC1C(=O)NC)c1ccc(Cl)c(Cl)c1. The van der Waals surface area contributed by atoms with E-state index in [-0.39, 0.29) is 29.8 Å². The van der Waals surface area contributed by atoms with Gasteiger partial charge in [-0.25, -0.2) is 0 Å². The fourth-order valence-corrected chi connectivity index (χ4v) is 7.49. The number of rotatable bonds is 10. The van der Waals surface area contributed by atoms with E-state index in [1.807, 2.05) is 65.6 Å². The van der Waals surface area contributed by atoms with Crippen LogP contribution in [0.2, 0.25) is 10.0 Å². The Kier molecular flexibility index (Phi) is 11.1. The number of carbonyl (C=O) groups excluding carboxylic acids is 3. The van der Waals surface area contributed by atoms with E-state index in [0.29, 0.717) is 36.1 Å². The van der Waals surface area contributed by atoms with Gasteiger partial charge >= 0.3 is 0 Å². The minimum Gasteiger partial charge on any atom is -0.358 e. The molecule has 2 heterocycles. The number of nitrogens with zero attached hydrogens (tertiary/aromatic N) is 2. The number of hydrogen-bond donors (Lipinski definition) is 2. The Hall–Kier alpha value is -3.13. The van der Waals surface area contributed by atoms with Crippen LogP contribution < -0.4 is 10.6 Å². The van der Waals surface area contributed by atoms with Crippen LogP contribution in [0.3, 0.4) is 0 Å². The van der Waals surface area contributed by atoms with Crippen molar-refractivity contribution in [3.63, 3.8) is 0 Å². The molecule has 4 atom stereocenters. The number of amides is 3. The lowest BCUT2D eigenvalue weighted by Crippen LogP contribution is -2.66. The molecule has 0 aromatic heterocycles. The Bertz CT molecular complexity index is 1450. The number of piperidine rings is 2. The van der Waals surface area contributed by atoms with Crippen LogP contribution in [0, 0.1) is 5.92 Å². The summed E-state index contributed by atoms with van der Waals surface area (Å²) in [7, 11) is 1.64. The summed E-state index contributed by atoms with van der Waals surface area (Å²) < 4.78 is 0. The molecule has 4 unspecified atom stereocenters. The molecule has 0 radical (unpaired) electrons. The van der Waals surface area contributed by atoms with E-state index in [9.17, 15) is 14.4 Å². The fraction of sp³-hybridized carbons (Fsp3) is 0.472. The number of halogens is 2. The van der Waals surface area contributed by atoms with Gasteiger partial charge in [-0.15, -0.1) is 0 Å². The average Bonchev–Trinajstić information content (AvgIpc) is 3.07. The molecule has 0 spiro atoms. The first kappa shape index (κ1) is 33.2. The second-order valence-corrected chi connectivity index (χ2v) is 13.1. The van der Waals surface area contributed by atoms with E-state index in [4.69, 9.17) is 23.2 Å². The van der Waals surface area contributed by atoms with Gasteiger partial charge in [-0.3, -0.25) is 19.3 Å². The topological polar surface area (TPSA) is 81.8 Å². The first-order chi connectivity index (χ1) is 21.8. The van der Waals surface area contributed by atoms with Crippen LogP contribution in [0.5, 0.6) is 0 Å². The number of likely N-dealkylation sites (tertiary alicyclic amines) is 2. The van der Waals surface area contributed by atoms with Gasteiger partial charge in [-0.1, -0.05) is 85.1 Å². The molecule has 1 aliphatic carbocycles. The monoisotopic (exact) mass is 650 g/mol. The number of hydrogen-bond acceptors (Lipinski definition) is 4. The quantitative estimate of drug-likeness (QED) is 0.283. The molecule has 7 nitrogen and oxygen atoms in total. The Balaban J connectivity index is 1.66. The zero-order chi connectivity index (χ0) is 32.0. The second kappa shape index (κ2) is 15.0. The van der Waals surface area contributed by atoms with E-state index >= 15 is 0 Å². The number of benzene rings is 2. The first-order valence-corrected chi connectivity index (χ1v) is 17.0. The van der Waals surface area contributed by atoms with Crippen LogP contribution in [-0.2, 0) is 20.9 Å². The summed E-state index contributed by atoms with van der Waals surface area (Å²) in [4.78, 5) is 45.6. The Morgan fingerprint density at radius 2 is 1.80 bits per heavy atom. The van der Waals surface area contributed by atoms with E-state index in [1.54, 1.807) is 13.1 Å². The van der Waals surface area contributed by atoms with Gasteiger partial charge in [-0.05, 0) is 73.4 Å². The molecule has 2 saturated heterocycles. The van der Waals surface area contributed by atoms with Gasteiger partial charge in [0.2, 0.25) is 17.7 Å². The largest absolute Gasteiger partial charge is 0.358 e. The van der Waals surface area contributed by atoms with Crippen LogP contribution in [0.4, 0.5) is 0 Å². The van der Waals surface area contributed by atoms with Gasteiger partial charge in [0.15, 0.2) is 0 Å². The molecule has 5 rings (SSSR count). The maximum Gasteiger partial charge on any atom is 0.248 e. The van der Waals surface area contributed by atoms with Gasteiger partial charge in [0.1, 0.15) is 5.54 Å². The summed E-state index contributed by atoms with van der Waals surface area (Å²) in [6.07, 6.45) is 12.3. The predicted molar refractivity (Wildman–Crippen MR) is 180 cm³/mol. The van der Waals surface area contributed by atoms with Crippen LogP contribution in [0.1, 0.15) is 75.3 Å². The highest BCUT2D eigenvalue weighted by Gasteiger charge is 2.49. The van der Waals surface area contributed by atoms with Gasteiger partial charge < -0.3 is 15.5 Å². The standard InChI is InChI=1S/C36H44Cl2N4O3/c1-3-11-27(26-16-17-30(37)31(38)22-26)29-23-36(19-18-28(29)34(44)39-2,35(45)40-24-25-12-5-4-6-13-25)42-21-10-7-14-32(42)41-20-9-8-15-33(41)43/h4-6,12-13,16-19,22-23,27-28,32H,3,7-11,14-15,20-21,24H2,1-2H3,(H,39,44)(H,40,45). The maximum absolute atomic E-state index is 14.7. The van der Waals surface area contributed by atoms with Gasteiger partial charge in [-0.2, -0.15) is 0 Å². The van der Waals surface area contributed by atoms with Gasteiger partial charge in [0.05, 0.1) is 22.1 Å². The second-order valence-electron chi connectivity index (χ2n) is 12.3. The summed E-state index contributed by atoms with van der Waals surface area (Å²) in [5.41, 5.74) is 1.58. The lowest BCUT2D eigenvalue weighted by Gasteiger charge is -2.52. The van der Waals surface area contributed by atoms with Crippen molar-refractivity contribution in [2.45, 2.75) is 82.5 Å². The smallest absolute Gasteiger partial charge is 0.248 e. The fourth-order valence-electron chi connectivity index (χ4n) is 7.18. The van der Waals surface area contributed by atoms with Crippen LogP contribution in [0.15, 0.2) is 72.3 Å². The third kappa shape index (κ3) is 7.16. The molecule has 0 saturated carbocycles. The van der Waals surface area contributed by atoms with Crippen molar-refractivity contribution >= 4 is 40.9 Å². The van der Waals surface area contributed by atoms with E-state index < -0.39 is 11.5 Å². The third-order valence-electron chi connectivity index (χ3n) is 9.47. The molecule has 3 aliphatic rings. The molecule has 2 fully saturated rings. The Labute approximate surface area is 277 Å². The van der Waals surface area contributed by atoms with E-state index in [0.717, 1.165) is 61.6 Å². The molecule has 2 aromatic rings. The molecule has 2 aromatic carbocycles. The van der Waals surface area contributed by atoms with Crippen molar-refractivity contribution in [3.8, 4) is 0 Å².